The lowest BCUT2D eigenvalue weighted by molar-refractivity contribution is -0.116. The van der Waals surface area contributed by atoms with E-state index in [1.165, 1.54) is 15.9 Å². The van der Waals surface area contributed by atoms with Gasteiger partial charge >= 0.3 is 5.69 Å². The molecule has 0 saturated carbocycles. The van der Waals surface area contributed by atoms with Crippen molar-refractivity contribution >= 4 is 33.1 Å². The minimum atomic E-state index is -0.834. The van der Waals surface area contributed by atoms with E-state index in [1.54, 1.807) is 11.4 Å². The van der Waals surface area contributed by atoms with Gasteiger partial charge in [-0.05, 0) is 54.1 Å². The number of benzene rings is 2. The second kappa shape index (κ2) is 8.51. The van der Waals surface area contributed by atoms with Crippen LogP contribution in [0.5, 0.6) is 0 Å². The van der Waals surface area contributed by atoms with Crippen molar-refractivity contribution in [1.82, 2.24) is 9.13 Å². The van der Waals surface area contributed by atoms with Gasteiger partial charge in [-0.15, -0.1) is 11.3 Å². The lowest BCUT2D eigenvalue weighted by Crippen LogP contribution is -2.41. The smallest absolute Gasteiger partial charge is 0.324 e. The summed E-state index contributed by atoms with van der Waals surface area (Å²) in [6.45, 7) is 3.56. The monoisotopic (exact) mass is 455 g/mol. The fourth-order valence-electron chi connectivity index (χ4n) is 3.48. The number of hydrogen-bond acceptors (Lipinski definition) is 4. The summed E-state index contributed by atoms with van der Waals surface area (Å²) in [7, 11) is 0. The van der Waals surface area contributed by atoms with Gasteiger partial charge in [-0.3, -0.25) is 18.7 Å². The van der Waals surface area contributed by atoms with Gasteiger partial charge in [-0.25, -0.2) is 13.6 Å². The maximum Gasteiger partial charge on any atom is 0.332 e. The molecule has 0 spiro atoms. The molecule has 1 N–H and O–H groups in total. The standard InChI is InChI=1S/C23H19F2N3O3S/c1-13-3-4-15(7-14(13)2)11-28-22(30)21-19(5-6-32-21)27(23(28)31)12-20(29)26-18-9-16(24)8-17(25)10-18/h3-10H,11-12H2,1-2H3,(H,26,29). The summed E-state index contributed by atoms with van der Waals surface area (Å²) in [5.41, 5.74) is 2.12. The average Bonchev–Trinajstić information content (AvgIpc) is 3.20. The summed E-state index contributed by atoms with van der Waals surface area (Å²) < 4.78 is 29.5. The van der Waals surface area contributed by atoms with Crippen molar-refractivity contribution in [2.45, 2.75) is 26.9 Å². The number of rotatable bonds is 5. The van der Waals surface area contributed by atoms with Crippen LogP contribution in [0.15, 0.2) is 57.4 Å². The number of fused-ring (bicyclic) bond motifs is 1. The van der Waals surface area contributed by atoms with Crippen molar-refractivity contribution in [3.05, 3.63) is 97.0 Å². The number of carbonyl (C=O) groups is 1. The van der Waals surface area contributed by atoms with Crippen LogP contribution < -0.4 is 16.6 Å². The number of hydrogen-bond donors (Lipinski definition) is 1. The molecule has 2 aromatic carbocycles. The van der Waals surface area contributed by atoms with Gasteiger partial charge in [0.05, 0.1) is 12.1 Å². The number of aromatic nitrogens is 2. The maximum absolute atomic E-state index is 13.4. The van der Waals surface area contributed by atoms with Crippen molar-refractivity contribution in [2.75, 3.05) is 5.32 Å². The van der Waals surface area contributed by atoms with E-state index in [9.17, 15) is 23.2 Å². The molecule has 0 aliphatic heterocycles. The minimum absolute atomic E-state index is 0.0589. The number of halogens is 2. The zero-order chi connectivity index (χ0) is 23.0. The Morgan fingerprint density at radius 2 is 1.69 bits per heavy atom. The molecule has 0 aliphatic rings. The van der Waals surface area contributed by atoms with E-state index in [0.717, 1.165) is 33.4 Å². The second-order valence-corrected chi connectivity index (χ2v) is 8.44. The summed E-state index contributed by atoms with van der Waals surface area (Å²) in [5.74, 6) is -2.32. The van der Waals surface area contributed by atoms with E-state index in [-0.39, 0.29) is 12.2 Å². The van der Waals surface area contributed by atoms with E-state index >= 15 is 0 Å². The third kappa shape index (κ3) is 4.24. The van der Waals surface area contributed by atoms with E-state index in [4.69, 9.17) is 0 Å². The van der Waals surface area contributed by atoms with Gasteiger partial charge in [0.15, 0.2) is 0 Å². The van der Waals surface area contributed by atoms with Gasteiger partial charge in [-0.2, -0.15) is 0 Å². The summed E-state index contributed by atoms with van der Waals surface area (Å²) in [4.78, 5) is 38.7. The summed E-state index contributed by atoms with van der Waals surface area (Å²) >= 11 is 1.18. The van der Waals surface area contributed by atoms with E-state index in [0.29, 0.717) is 16.3 Å². The van der Waals surface area contributed by atoms with E-state index in [2.05, 4.69) is 5.32 Å². The van der Waals surface area contributed by atoms with Gasteiger partial charge in [0.1, 0.15) is 22.9 Å². The Bertz CT molecular complexity index is 1450. The molecule has 0 fully saturated rings. The Kier molecular flexibility index (Phi) is 5.75. The fourth-order valence-corrected chi connectivity index (χ4v) is 4.32. The minimum Gasteiger partial charge on any atom is -0.324 e. The predicted molar refractivity (Wildman–Crippen MR) is 120 cm³/mol. The average molecular weight is 455 g/mol. The number of aryl methyl sites for hydroxylation is 2. The normalized spacial score (nSPS) is 11.1. The molecule has 0 radical (unpaired) electrons. The molecule has 0 aliphatic carbocycles. The van der Waals surface area contributed by atoms with Crippen molar-refractivity contribution < 1.29 is 13.6 Å². The number of nitrogens with zero attached hydrogens (tertiary/aromatic N) is 2. The van der Waals surface area contributed by atoms with Crippen LogP contribution in [0.3, 0.4) is 0 Å². The van der Waals surface area contributed by atoms with Crippen molar-refractivity contribution in [3.8, 4) is 0 Å². The quantitative estimate of drug-likeness (QED) is 0.498. The SMILES string of the molecule is Cc1ccc(Cn2c(=O)c3sccc3n(CC(=O)Nc3cc(F)cc(F)c3)c2=O)cc1C. The topological polar surface area (TPSA) is 73.1 Å². The van der Waals surface area contributed by atoms with Crippen LogP contribution >= 0.6 is 11.3 Å². The van der Waals surface area contributed by atoms with Crippen LogP contribution in [0.25, 0.3) is 10.2 Å². The molecule has 9 heteroatoms. The molecule has 1 amide bonds. The van der Waals surface area contributed by atoms with Crippen LogP contribution in [-0.4, -0.2) is 15.0 Å². The molecular formula is C23H19F2N3O3S. The third-order valence-corrected chi connectivity index (χ3v) is 6.09. The van der Waals surface area contributed by atoms with Crippen molar-refractivity contribution in [1.29, 1.82) is 0 Å². The van der Waals surface area contributed by atoms with Gasteiger partial charge in [0, 0.05) is 11.8 Å². The molecule has 0 atom stereocenters. The Hall–Kier alpha value is -3.59. The summed E-state index contributed by atoms with van der Waals surface area (Å²) in [5, 5.41) is 4.06. The number of nitrogens with one attached hydrogen (secondary N) is 1. The fraction of sp³-hybridized carbons (Fsp3) is 0.174. The van der Waals surface area contributed by atoms with Crippen LogP contribution in [0.2, 0.25) is 0 Å². The van der Waals surface area contributed by atoms with Crippen molar-refractivity contribution in [2.24, 2.45) is 0 Å². The molecule has 4 rings (SSSR count). The lowest BCUT2D eigenvalue weighted by Gasteiger charge is -2.13. The maximum atomic E-state index is 13.4. The van der Waals surface area contributed by atoms with Crippen LogP contribution in [0.4, 0.5) is 14.5 Å². The third-order valence-electron chi connectivity index (χ3n) is 5.20. The number of amides is 1. The van der Waals surface area contributed by atoms with E-state index in [1.807, 2.05) is 32.0 Å². The van der Waals surface area contributed by atoms with Crippen LogP contribution in [-0.2, 0) is 17.9 Å². The first-order valence-electron chi connectivity index (χ1n) is 9.76. The zero-order valence-corrected chi connectivity index (χ0v) is 18.1. The molecule has 6 nitrogen and oxygen atoms in total. The molecule has 0 bridgehead atoms. The zero-order valence-electron chi connectivity index (χ0n) is 17.3. The second-order valence-electron chi connectivity index (χ2n) is 7.52. The highest BCUT2D eigenvalue weighted by molar-refractivity contribution is 7.17. The molecule has 0 saturated heterocycles. The molecule has 164 valence electrons. The highest BCUT2D eigenvalue weighted by atomic mass is 32.1. The Morgan fingerprint density at radius 3 is 2.38 bits per heavy atom. The number of thiophene rings is 1. The van der Waals surface area contributed by atoms with Crippen LogP contribution in [0.1, 0.15) is 16.7 Å². The Balaban J connectivity index is 1.72. The molecular weight excluding hydrogens is 436 g/mol. The first-order valence-corrected chi connectivity index (χ1v) is 10.6. The van der Waals surface area contributed by atoms with Crippen LogP contribution in [0, 0.1) is 25.5 Å². The Morgan fingerprint density at radius 1 is 0.969 bits per heavy atom. The molecule has 4 aromatic rings. The molecule has 0 unspecified atom stereocenters. The number of carbonyl (C=O) groups excluding carboxylic acids is 1. The highest BCUT2D eigenvalue weighted by Crippen LogP contribution is 2.17. The van der Waals surface area contributed by atoms with Gasteiger partial charge in [0.2, 0.25) is 5.91 Å². The first-order chi connectivity index (χ1) is 15.2. The highest BCUT2D eigenvalue weighted by Gasteiger charge is 2.17. The predicted octanol–water partition coefficient (Wildman–Crippen LogP) is 3.81. The lowest BCUT2D eigenvalue weighted by atomic mass is 10.1. The summed E-state index contributed by atoms with van der Waals surface area (Å²) in [6.07, 6.45) is 0. The van der Waals surface area contributed by atoms with Gasteiger partial charge in [0.25, 0.3) is 5.56 Å². The molecule has 2 heterocycles. The molecule has 2 aromatic heterocycles. The van der Waals surface area contributed by atoms with E-state index < -0.39 is 35.3 Å². The van der Waals surface area contributed by atoms with Crippen molar-refractivity contribution in [3.63, 3.8) is 0 Å². The van der Waals surface area contributed by atoms with Gasteiger partial charge in [-0.1, -0.05) is 18.2 Å². The summed E-state index contributed by atoms with van der Waals surface area (Å²) in [6, 6.07) is 9.92. The largest absolute Gasteiger partial charge is 0.332 e. The molecule has 32 heavy (non-hydrogen) atoms. The number of anilines is 1. The van der Waals surface area contributed by atoms with Gasteiger partial charge < -0.3 is 5.32 Å². The first kappa shape index (κ1) is 21.6. The Labute approximate surface area is 185 Å².